The highest BCUT2D eigenvalue weighted by atomic mass is 32.2. The van der Waals surface area contributed by atoms with Gasteiger partial charge in [-0.3, -0.25) is 4.79 Å². The second-order valence-corrected chi connectivity index (χ2v) is 7.08. The van der Waals surface area contributed by atoms with Crippen LogP contribution in [0.1, 0.15) is 37.0 Å². The molecule has 1 aliphatic rings. The molecule has 1 amide bonds. The van der Waals surface area contributed by atoms with Crippen LogP contribution in [0.25, 0.3) is 0 Å². The fourth-order valence-corrected chi connectivity index (χ4v) is 3.43. The van der Waals surface area contributed by atoms with Crippen molar-refractivity contribution >= 4 is 17.7 Å². The Hall–Kier alpha value is -1.82. The first-order chi connectivity index (χ1) is 11.1. The number of piperidine rings is 1. The summed E-state index contributed by atoms with van der Waals surface area (Å²) in [5.74, 6) is 2.07. The van der Waals surface area contributed by atoms with Crippen molar-refractivity contribution in [2.24, 2.45) is 0 Å². The predicted octanol–water partition coefficient (Wildman–Crippen LogP) is 3.01. The van der Waals surface area contributed by atoms with Gasteiger partial charge in [0.25, 0.3) is 0 Å². The zero-order chi connectivity index (χ0) is 16.3. The Labute approximate surface area is 140 Å². The molecule has 2 aromatic rings. The summed E-state index contributed by atoms with van der Waals surface area (Å²) in [6, 6.07) is 10.4. The van der Waals surface area contributed by atoms with Gasteiger partial charge in [0.2, 0.25) is 11.8 Å². The first-order valence-electron chi connectivity index (χ1n) is 7.74. The van der Waals surface area contributed by atoms with Gasteiger partial charge in [-0.15, -0.1) is 0 Å². The monoisotopic (exact) mass is 331 g/mol. The third-order valence-corrected chi connectivity index (χ3v) is 4.91. The van der Waals surface area contributed by atoms with Crippen LogP contribution in [-0.2, 0) is 22.5 Å². The standard InChI is InChI=1S/C17H21N3O2S/c1-17(13-6-4-3-5-7-13)9-8-16(21)20(12-17)10-15-18-14(11-23-2)19-22-15/h3-7H,8-12H2,1-2H3/t17-/m0/s1. The Kier molecular flexibility index (Phi) is 4.71. The lowest BCUT2D eigenvalue weighted by Crippen LogP contribution is -2.47. The molecule has 1 saturated heterocycles. The van der Waals surface area contributed by atoms with Crippen LogP contribution in [0.4, 0.5) is 0 Å². The number of likely N-dealkylation sites (tertiary alicyclic amines) is 1. The molecule has 2 heterocycles. The van der Waals surface area contributed by atoms with E-state index in [1.165, 1.54) is 5.56 Å². The van der Waals surface area contributed by atoms with Gasteiger partial charge < -0.3 is 9.42 Å². The Morgan fingerprint density at radius 2 is 2.13 bits per heavy atom. The van der Waals surface area contributed by atoms with E-state index in [0.29, 0.717) is 31.2 Å². The summed E-state index contributed by atoms with van der Waals surface area (Å²) in [6.07, 6.45) is 3.42. The maximum absolute atomic E-state index is 12.3. The molecule has 6 heteroatoms. The van der Waals surface area contributed by atoms with Gasteiger partial charge in [0, 0.05) is 18.4 Å². The SMILES string of the molecule is CSCc1noc(CN2C[C@@](C)(c3ccccc3)CCC2=O)n1. The predicted molar refractivity (Wildman–Crippen MR) is 90.0 cm³/mol. The molecule has 23 heavy (non-hydrogen) atoms. The minimum absolute atomic E-state index is 0.0305. The summed E-state index contributed by atoms with van der Waals surface area (Å²) >= 11 is 1.65. The first-order valence-corrected chi connectivity index (χ1v) is 9.14. The molecule has 1 aromatic carbocycles. The molecular weight excluding hydrogens is 310 g/mol. The number of thioether (sulfide) groups is 1. The normalized spacial score (nSPS) is 21.7. The molecule has 1 atom stereocenters. The molecule has 0 aliphatic carbocycles. The van der Waals surface area contributed by atoms with Crippen molar-refractivity contribution in [1.29, 1.82) is 0 Å². The molecule has 1 aliphatic heterocycles. The second-order valence-electron chi connectivity index (χ2n) is 6.21. The van der Waals surface area contributed by atoms with E-state index in [-0.39, 0.29) is 11.3 Å². The average Bonchev–Trinajstić information content (AvgIpc) is 3.00. The van der Waals surface area contributed by atoms with Crippen LogP contribution in [-0.4, -0.2) is 33.7 Å². The molecule has 122 valence electrons. The van der Waals surface area contributed by atoms with Crippen molar-refractivity contribution in [3.8, 4) is 0 Å². The van der Waals surface area contributed by atoms with Gasteiger partial charge in [0.1, 0.15) is 6.54 Å². The van der Waals surface area contributed by atoms with Crippen molar-refractivity contribution in [1.82, 2.24) is 15.0 Å². The maximum Gasteiger partial charge on any atom is 0.246 e. The van der Waals surface area contributed by atoms with Crippen LogP contribution in [0.15, 0.2) is 34.9 Å². The molecule has 3 rings (SSSR count). The van der Waals surface area contributed by atoms with Crippen molar-refractivity contribution < 1.29 is 9.32 Å². The molecular formula is C17H21N3O2S. The van der Waals surface area contributed by atoms with E-state index in [1.54, 1.807) is 11.8 Å². The molecule has 0 radical (unpaired) electrons. The highest BCUT2D eigenvalue weighted by molar-refractivity contribution is 7.97. The van der Waals surface area contributed by atoms with E-state index in [1.807, 2.05) is 29.4 Å². The molecule has 0 bridgehead atoms. The molecule has 0 N–H and O–H groups in total. The van der Waals surface area contributed by atoms with Gasteiger partial charge in [0.15, 0.2) is 5.82 Å². The number of carbonyl (C=O) groups excluding carboxylic acids is 1. The van der Waals surface area contributed by atoms with Crippen molar-refractivity contribution in [3.63, 3.8) is 0 Å². The van der Waals surface area contributed by atoms with Crippen molar-refractivity contribution in [2.45, 2.75) is 37.5 Å². The lowest BCUT2D eigenvalue weighted by atomic mass is 9.76. The number of hydrogen-bond acceptors (Lipinski definition) is 5. The van der Waals surface area contributed by atoms with Crippen molar-refractivity contribution in [3.05, 3.63) is 47.6 Å². The number of carbonyl (C=O) groups is 1. The third-order valence-electron chi connectivity index (χ3n) is 4.36. The Morgan fingerprint density at radius 3 is 2.87 bits per heavy atom. The zero-order valence-electron chi connectivity index (χ0n) is 13.5. The third kappa shape index (κ3) is 3.58. The number of nitrogens with zero attached hydrogens (tertiary/aromatic N) is 3. The molecule has 0 saturated carbocycles. The highest BCUT2D eigenvalue weighted by Gasteiger charge is 2.36. The largest absolute Gasteiger partial charge is 0.337 e. The fourth-order valence-electron chi connectivity index (χ4n) is 3.06. The van der Waals surface area contributed by atoms with Gasteiger partial charge in [-0.25, -0.2) is 0 Å². The lowest BCUT2D eigenvalue weighted by molar-refractivity contribution is -0.136. The maximum atomic E-state index is 12.3. The fraction of sp³-hybridized carbons (Fsp3) is 0.471. The van der Waals surface area contributed by atoms with Gasteiger partial charge in [-0.2, -0.15) is 16.7 Å². The molecule has 1 aromatic heterocycles. The van der Waals surface area contributed by atoms with Gasteiger partial charge in [0.05, 0.1) is 5.75 Å². The second kappa shape index (κ2) is 6.74. The average molecular weight is 331 g/mol. The Bertz CT molecular complexity index is 673. The number of rotatable bonds is 5. The summed E-state index contributed by atoms with van der Waals surface area (Å²) in [4.78, 5) is 18.5. The lowest BCUT2D eigenvalue weighted by Gasteiger charge is -2.40. The van der Waals surface area contributed by atoms with Crippen molar-refractivity contribution in [2.75, 3.05) is 12.8 Å². The topological polar surface area (TPSA) is 59.2 Å². The highest BCUT2D eigenvalue weighted by Crippen LogP contribution is 2.34. The van der Waals surface area contributed by atoms with Crippen LogP contribution in [0.3, 0.4) is 0 Å². The smallest absolute Gasteiger partial charge is 0.246 e. The minimum Gasteiger partial charge on any atom is -0.337 e. The number of hydrogen-bond donors (Lipinski definition) is 0. The van der Waals surface area contributed by atoms with Crippen LogP contribution in [0.5, 0.6) is 0 Å². The van der Waals surface area contributed by atoms with E-state index < -0.39 is 0 Å². The van der Waals surface area contributed by atoms with E-state index in [0.717, 1.165) is 12.2 Å². The Morgan fingerprint density at radius 1 is 1.35 bits per heavy atom. The molecule has 1 fully saturated rings. The summed E-state index contributed by atoms with van der Waals surface area (Å²) in [5, 5.41) is 3.95. The minimum atomic E-state index is -0.0305. The van der Waals surface area contributed by atoms with Gasteiger partial charge >= 0.3 is 0 Å². The van der Waals surface area contributed by atoms with E-state index in [2.05, 4.69) is 29.2 Å². The van der Waals surface area contributed by atoms with Gasteiger partial charge in [-0.1, -0.05) is 42.4 Å². The van der Waals surface area contributed by atoms with Gasteiger partial charge in [-0.05, 0) is 18.2 Å². The molecule has 5 nitrogen and oxygen atoms in total. The molecule has 0 spiro atoms. The number of amides is 1. The molecule has 0 unspecified atom stereocenters. The van der Waals surface area contributed by atoms with E-state index >= 15 is 0 Å². The summed E-state index contributed by atoms with van der Waals surface area (Å²) in [6.45, 7) is 3.29. The van der Waals surface area contributed by atoms with E-state index in [4.69, 9.17) is 4.52 Å². The number of benzene rings is 1. The van der Waals surface area contributed by atoms with Crippen LogP contribution >= 0.6 is 11.8 Å². The van der Waals surface area contributed by atoms with Crippen LogP contribution in [0.2, 0.25) is 0 Å². The summed E-state index contributed by atoms with van der Waals surface area (Å²) in [5.41, 5.74) is 1.24. The van der Waals surface area contributed by atoms with Crippen LogP contribution < -0.4 is 0 Å². The number of aromatic nitrogens is 2. The first kappa shape index (κ1) is 16.1. The van der Waals surface area contributed by atoms with Crippen LogP contribution in [0, 0.1) is 0 Å². The summed E-state index contributed by atoms with van der Waals surface area (Å²) < 4.78 is 5.27. The van der Waals surface area contributed by atoms with E-state index in [9.17, 15) is 4.79 Å². The zero-order valence-corrected chi connectivity index (χ0v) is 14.3. The Balaban J connectivity index is 1.74. The quantitative estimate of drug-likeness (QED) is 0.843. The summed E-state index contributed by atoms with van der Waals surface area (Å²) in [7, 11) is 0.